The molecule has 22 heavy (non-hydrogen) atoms. The lowest BCUT2D eigenvalue weighted by Gasteiger charge is -2.23. The van der Waals surface area contributed by atoms with Crippen molar-refractivity contribution in [3.8, 4) is 0 Å². The molecule has 3 aromatic heterocycles. The molecule has 1 atom stereocenters. The minimum Gasteiger partial charge on any atom is -0.358 e. The summed E-state index contributed by atoms with van der Waals surface area (Å²) in [6.45, 7) is 2.54. The van der Waals surface area contributed by atoms with E-state index >= 15 is 0 Å². The fourth-order valence-corrected chi connectivity index (χ4v) is 3.97. The first kappa shape index (κ1) is 15.1. The van der Waals surface area contributed by atoms with Gasteiger partial charge in [-0.15, -0.1) is 16.4 Å². The van der Waals surface area contributed by atoms with E-state index in [-0.39, 0.29) is 11.6 Å². The SMILES string of the molecule is Cc1cc(=O)n2nc(NCC(c3cccs3)N(C)C)sc2n1. The van der Waals surface area contributed by atoms with E-state index in [1.807, 2.05) is 6.92 Å². The van der Waals surface area contributed by atoms with Crippen molar-refractivity contribution >= 4 is 32.8 Å². The molecule has 0 spiro atoms. The number of aromatic nitrogens is 3. The number of nitrogens with zero attached hydrogens (tertiary/aromatic N) is 4. The number of anilines is 1. The molecule has 0 aliphatic rings. The molecular weight excluding hydrogens is 318 g/mol. The second-order valence-corrected chi connectivity index (χ2v) is 7.15. The molecule has 3 heterocycles. The first-order valence-corrected chi connectivity index (χ1v) is 8.55. The third-order valence-electron chi connectivity index (χ3n) is 3.31. The molecule has 0 radical (unpaired) electrons. The number of aryl methyl sites for hydroxylation is 1. The van der Waals surface area contributed by atoms with Gasteiger partial charge in [0.15, 0.2) is 0 Å². The highest BCUT2D eigenvalue weighted by Gasteiger charge is 2.16. The average molecular weight is 335 g/mol. The fraction of sp³-hybridized carbons (Fsp3) is 0.357. The third-order valence-corrected chi connectivity index (χ3v) is 5.15. The van der Waals surface area contributed by atoms with Crippen molar-refractivity contribution in [1.29, 1.82) is 0 Å². The summed E-state index contributed by atoms with van der Waals surface area (Å²) < 4.78 is 1.34. The number of nitrogens with one attached hydrogen (secondary N) is 1. The first-order chi connectivity index (χ1) is 10.5. The van der Waals surface area contributed by atoms with Gasteiger partial charge >= 0.3 is 0 Å². The predicted molar refractivity (Wildman–Crippen MR) is 91.1 cm³/mol. The first-order valence-electron chi connectivity index (χ1n) is 6.86. The van der Waals surface area contributed by atoms with Crippen LogP contribution in [0, 0.1) is 6.92 Å². The number of hydrogen-bond donors (Lipinski definition) is 1. The molecule has 1 N–H and O–H groups in total. The summed E-state index contributed by atoms with van der Waals surface area (Å²) >= 11 is 3.13. The van der Waals surface area contributed by atoms with E-state index in [4.69, 9.17) is 0 Å². The van der Waals surface area contributed by atoms with Crippen LogP contribution in [0.25, 0.3) is 4.96 Å². The van der Waals surface area contributed by atoms with Crippen LogP contribution in [0.2, 0.25) is 0 Å². The molecule has 0 saturated heterocycles. The number of hydrogen-bond acceptors (Lipinski definition) is 7. The molecule has 0 amide bonds. The average Bonchev–Trinajstić information content (AvgIpc) is 3.08. The Labute approximate surface area is 136 Å². The van der Waals surface area contributed by atoms with Crippen molar-refractivity contribution in [2.24, 2.45) is 0 Å². The van der Waals surface area contributed by atoms with Crippen molar-refractivity contribution < 1.29 is 0 Å². The highest BCUT2D eigenvalue weighted by Crippen LogP contribution is 2.24. The van der Waals surface area contributed by atoms with E-state index in [9.17, 15) is 4.79 Å². The number of thiophene rings is 1. The van der Waals surface area contributed by atoms with E-state index in [0.29, 0.717) is 15.8 Å². The smallest absolute Gasteiger partial charge is 0.275 e. The molecule has 3 aromatic rings. The van der Waals surface area contributed by atoms with Gasteiger partial charge in [0, 0.05) is 23.2 Å². The minimum atomic E-state index is -0.144. The van der Waals surface area contributed by atoms with Crippen LogP contribution in [0.1, 0.15) is 16.6 Å². The second kappa shape index (κ2) is 6.15. The summed E-state index contributed by atoms with van der Waals surface area (Å²) in [5.41, 5.74) is 0.569. The summed E-state index contributed by atoms with van der Waals surface area (Å²) in [5.74, 6) is 0. The number of rotatable bonds is 5. The van der Waals surface area contributed by atoms with Gasteiger partial charge in [0.2, 0.25) is 10.1 Å². The molecule has 0 saturated carbocycles. The van der Waals surface area contributed by atoms with Crippen LogP contribution in [-0.4, -0.2) is 40.1 Å². The largest absolute Gasteiger partial charge is 0.358 e. The Morgan fingerprint density at radius 2 is 2.27 bits per heavy atom. The van der Waals surface area contributed by atoms with Crippen molar-refractivity contribution in [3.63, 3.8) is 0 Å². The molecule has 8 heteroatoms. The maximum Gasteiger partial charge on any atom is 0.275 e. The van der Waals surface area contributed by atoms with Gasteiger partial charge in [-0.25, -0.2) is 4.98 Å². The summed E-state index contributed by atoms with van der Waals surface area (Å²) in [7, 11) is 4.11. The van der Waals surface area contributed by atoms with Gasteiger partial charge in [0.25, 0.3) is 5.56 Å². The zero-order chi connectivity index (χ0) is 15.7. The van der Waals surface area contributed by atoms with Gasteiger partial charge in [-0.1, -0.05) is 17.4 Å². The van der Waals surface area contributed by atoms with Crippen molar-refractivity contribution in [2.75, 3.05) is 26.0 Å². The zero-order valence-corrected chi connectivity index (χ0v) is 14.2. The van der Waals surface area contributed by atoms with Crippen LogP contribution >= 0.6 is 22.7 Å². The molecule has 0 aromatic carbocycles. The fourth-order valence-electron chi connectivity index (χ4n) is 2.19. The normalized spacial score (nSPS) is 12.9. The monoisotopic (exact) mass is 335 g/mol. The van der Waals surface area contributed by atoms with Crippen LogP contribution in [0.3, 0.4) is 0 Å². The highest BCUT2D eigenvalue weighted by molar-refractivity contribution is 7.20. The Kier molecular flexibility index (Phi) is 4.23. The second-order valence-electron chi connectivity index (χ2n) is 5.21. The lowest BCUT2D eigenvalue weighted by atomic mass is 10.2. The molecule has 116 valence electrons. The molecule has 6 nitrogen and oxygen atoms in total. The van der Waals surface area contributed by atoms with E-state index in [1.54, 1.807) is 11.3 Å². The van der Waals surface area contributed by atoms with E-state index in [2.05, 4.69) is 51.9 Å². The van der Waals surface area contributed by atoms with Gasteiger partial charge in [-0.05, 0) is 32.5 Å². The molecular formula is C14H17N5OS2. The van der Waals surface area contributed by atoms with Crippen molar-refractivity contribution in [3.05, 3.63) is 44.5 Å². The van der Waals surface area contributed by atoms with Crippen molar-refractivity contribution in [2.45, 2.75) is 13.0 Å². The van der Waals surface area contributed by atoms with Crippen LogP contribution < -0.4 is 10.9 Å². The maximum absolute atomic E-state index is 11.9. The standard InChI is InChI=1S/C14H17N5OS2/c1-9-7-12(20)19-14(16-9)22-13(17-19)15-8-10(18(2)3)11-5-4-6-21-11/h4-7,10H,8H2,1-3H3,(H,15,17). The van der Waals surface area contributed by atoms with Crippen LogP contribution in [0.5, 0.6) is 0 Å². The molecule has 0 aliphatic carbocycles. The molecule has 0 bridgehead atoms. The number of likely N-dealkylation sites (N-methyl/N-ethyl adjacent to an activating group) is 1. The van der Waals surface area contributed by atoms with Crippen LogP contribution in [0.4, 0.5) is 5.13 Å². The van der Waals surface area contributed by atoms with Gasteiger partial charge in [-0.3, -0.25) is 4.79 Å². The Hall–Kier alpha value is -1.77. The Balaban J connectivity index is 1.81. The van der Waals surface area contributed by atoms with E-state index < -0.39 is 0 Å². The van der Waals surface area contributed by atoms with Gasteiger partial charge in [0.1, 0.15) is 0 Å². The molecule has 1 unspecified atom stereocenters. The molecule has 0 aliphatic heterocycles. The minimum absolute atomic E-state index is 0.144. The van der Waals surface area contributed by atoms with E-state index in [0.717, 1.165) is 6.54 Å². The van der Waals surface area contributed by atoms with Gasteiger partial charge in [0.05, 0.1) is 6.04 Å². The lowest BCUT2D eigenvalue weighted by Crippen LogP contribution is -2.26. The Morgan fingerprint density at radius 3 is 2.95 bits per heavy atom. The zero-order valence-electron chi connectivity index (χ0n) is 12.6. The van der Waals surface area contributed by atoms with Gasteiger partial charge < -0.3 is 10.2 Å². The third kappa shape index (κ3) is 3.03. The maximum atomic E-state index is 11.9. The topological polar surface area (TPSA) is 62.5 Å². The summed E-state index contributed by atoms with van der Waals surface area (Å²) in [5, 5.41) is 10.4. The molecule has 0 fully saturated rings. The van der Waals surface area contributed by atoms with Crippen LogP contribution in [-0.2, 0) is 0 Å². The van der Waals surface area contributed by atoms with E-state index in [1.165, 1.54) is 26.8 Å². The van der Waals surface area contributed by atoms with Crippen LogP contribution in [0.15, 0.2) is 28.4 Å². The number of fused-ring (bicyclic) bond motifs is 1. The lowest BCUT2D eigenvalue weighted by molar-refractivity contribution is 0.316. The summed E-state index contributed by atoms with van der Waals surface area (Å²) in [6, 6.07) is 5.94. The Morgan fingerprint density at radius 1 is 1.45 bits per heavy atom. The summed E-state index contributed by atoms with van der Waals surface area (Å²) in [4.78, 5) is 20.3. The highest BCUT2D eigenvalue weighted by atomic mass is 32.1. The quantitative estimate of drug-likeness (QED) is 0.775. The van der Waals surface area contributed by atoms with Crippen molar-refractivity contribution in [1.82, 2.24) is 19.5 Å². The Bertz CT molecular complexity index is 821. The predicted octanol–water partition coefficient (Wildman–Crippen LogP) is 2.24. The van der Waals surface area contributed by atoms with Gasteiger partial charge in [-0.2, -0.15) is 4.52 Å². The summed E-state index contributed by atoms with van der Waals surface area (Å²) in [6.07, 6.45) is 0. The molecule has 3 rings (SSSR count).